The van der Waals surface area contributed by atoms with Crippen LogP contribution in [0.15, 0.2) is 18.2 Å². The SMILES string of the molecule is CCc1ccc2c(c1)NCCC(=O)N2. The van der Waals surface area contributed by atoms with Gasteiger partial charge in [-0.3, -0.25) is 4.79 Å². The molecule has 3 nitrogen and oxygen atoms in total. The summed E-state index contributed by atoms with van der Waals surface area (Å²) in [6, 6.07) is 6.11. The van der Waals surface area contributed by atoms with Crippen molar-refractivity contribution in [2.45, 2.75) is 19.8 Å². The van der Waals surface area contributed by atoms with Crippen LogP contribution < -0.4 is 10.6 Å². The number of hydrogen-bond acceptors (Lipinski definition) is 2. The third-order valence-electron chi connectivity index (χ3n) is 2.43. The largest absolute Gasteiger partial charge is 0.383 e. The molecule has 0 saturated heterocycles. The molecule has 14 heavy (non-hydrogen) atoms. The van der Waals surface area contributed by atoms with Gasteiger partial charge in [0.15, 0.2) is 0 Å². The molecular formula is C11H14N2O. The summed E-state index contributed by atoms with van der Waals surface area (Å²) in [7, 11) is 0. The van der Waals surface area contributed by atoms with Crippen molar-refractivity contribution in [3.8, 4) is 0 Å². The Balaban J connectivity index is 2.35. The lowest BCUT2D eigenvalue weighted by Gasteiger charge is -2.08. The Hall–Kier alpha value is -1.51. The van der Waals surface area contributed by atoms with Crippen LogP contribution in [0.3, 0.4) is 0 Å². The van der Waals surface area contributed by atoms with Crippen molar-refractivity contribution in [3.05, 3.63) is 23.8 Å². The van der Waals surface area contributed by atoms with Crippen molar-refractivity contribution in [1.82, 2.24) is 0 Å². The lowest BCUT2D eigenvalue weighted by atomic mass is 10.1. The van der Waals surface area contributed by atoms with E-state index < -0.39 is 0 Å². The number of carbonyl (C=O) groups excluding carboxylic acids is 1. The zero-order valence-corrected chi connectivity index (χ0v) is 8.26. The van der Waals surface area contributed by atoms with Crippen molar-refractivity contribution in [1.29, 1.82) is 0 Å². The molecule has 0 radical (unpaired) electrons. The third-order valence-corrected chi connectivity index (χ3v) is 2.43. The number of anilines is 2. The van der Waals surface area contributed by atoms with Crippen molar-refractivity contribution in [2.24, 2.45) is 0 Å². The zero-order chi connectivity index (χ0) is 9.97. The molecule has 0 aliphatic carbocycles. The molecule has 0 unspecified atom stereocenters. The Kier molecular flexibility index (Phi) is 2.39. The molecule has 0 saturated carbocycles. The van der Waals surface area contributed by atoms with Crippen LogP contribution in [0, 0.1) is 0 Å². The second-order valence-corrected chi connectivity index (χ2v) is 3.46. The van der Waals surface area contributed by atoms with Crippen LogP contribution in [-0.4, -0.2) is 12.5 Å². The zero-order valence-electron chi connectivity index (χ0n) is 8.26. The number of aryl methyl sites for hydroxylation is 1. The highest BCUT2D eigenvalue weighted by atomic mass is 16.1. The standard InChI is InChI=1S/C11H14N2O/c1-2-8-3-4-9-10(7-8)12-6-5-11(14)13-9/h3-4,7,12H,2,5-6H2,1H3,(H,13,14). The van der Waals surface area contributed by atoms with E-state index in [-0.39, 0.29) is 5.91 Å². The summed E-state index contributed by atoms with van der Waals surface area (Å²) in [5.74, 6) is 0.0838. The Bertz CT molecular complexity index is 360. The molecule has 1 aliphatic rings. The van der Waals surface area contributed by atoms with Gasteiger partial charge in [0, 0.05) is 13.0 Å². The van der Waals surface area contributed by atoms with Crippen LogP contribution in [0.2, 0.25) is 0 Å². The van der Waals surface area contributed by atoms with Gasteiger partial charge in [0.1, 0.15) is 0 Å². The van der Waals surface area contributed by atoms with Gasteiger partial charge in [-0.05, 0) is 24.1 Å². The lowest BCUT2D eigenvalue weighted by molar-refractivity contribution is -0.115. The topological polar surface area (TPSA) is 41.1 Å². The first kappa shape index (κ1) is 9.06. The summed E-state index contributed by atoms with van der Waals surface area (Å²) in [4.78, 5) is 11.2. The average molecular weight is 190 g/mol. The lowest BCUT2D eigenvalue weighted by Crippen LogP contribution is -2.10. The highest BCUT2D eigenvalue weighted by Crippen LogP contribution is 2.25. The highest BCUT2D eigenvalue weighted by Gasteiger charge is 2.11. The second-order valence-electron chi connectivity index (χ2n) is 3.46. The Labute approximate surface area is 83.5 Å². The van der Waals surface area contributed by atoms with E-state index in [2.05, 4.69) is 23.6 Å². The minimum absolute atomic E-state index is 0.0838. The van der Waals surface area contributed by atoms with E-state index in [9.17, 15) is 4.79 Å². The molecule has 1 aliphatic heterocycles. The van der Waals surface area contributed by atoms with Crippen LogP contribution in [0.4, 0.5) is 11.4 Å². The number of amides is 1. The third kappa shape index (κ3) is 1.71. The molecular weight excluding hydrogens is 176 g/mol. The Morgan fingerprint density at radius 3 is 3.00 bits per heavy atom. The van der Waals surface area contributed by atoms with E-state index in [1.807, 2.05) is 12.1 Å². The van der Waals surface area contributed by atoms with Gasteiger partial charge >= 0.3 is 0 Å². The van der Waals surface area contributed by atoms with Gasteiger partial charge in [-0.15, -0.1) is 0 Å². The van der Waals surface area contributed by atoms with E-state index in [0.29, 0.717) is 13.0 Å². The van der Waals surface area contributed by atoms with Crippen molar-refractivity contribution >= 4 is 17.3 Å². The summed E-state index contributed by atoms with van der Waals surface area (Å²) in [5.41, 5.74) is 3.22. The van der Waals surface area contributed by atoms with Crippen molar-refractivity contribution in [3.63, 3.8) is 0 Å². The van der Waals surface area contributed by atoms with Crippen molar-refractivity contribution in [2.75, 3.05) is 17.2 Å². The molecule has 1 heterocycles. The Morgan fingerprint density at radius 1 is 1.36 bits per heavy atom. The van der Waals surface area contributed by atoms with Crippen LogP contribution in [0.5, 0.6) is 0 Å². The molecule has 74 valence electrons. The summed E-state index contributed by atoms with van der Waals surface area (Å²) in [6.07, 6.45) is 1.55. The molecule has 1 aromatic carbocycles. The quantitative estimate of drug-likeness (QED) is 0.711. The number of rotatable bonds is 1. The maximum absolute atomic E-state index is 11.2. The molecule has 2 rings (SSSR count). The first-order valence-corrected chi connectivity index (χ1v) is 4.96. The van der Waals surface area contributed by atoms with Gasteiger partial charge in [0.2, 0.25) is 5.91 Å². The van der Waals surface area contributed by atoms with E-state index in [0.717, 1.165) is 17.8 Å². The molecule has 3 heteroatoms. The summed E-state index contributed by atoms with van der Waals surface area (Å²) in [5, 5.41) is 6.12. The fourth-order valence-corrected chi connectivity index (χ4v) is 1.59. The van der Waals surface area contributed by atoms with E-state index >= 15 is 0 Å². The fourth-order valence-electron chi connectivity index (χ4n) is 1.59. The van der Waals surface area contributed by atoms with E-state index in [1.54, 1.807) is 0 Å². The molecule has 2 N–H and O–H groups in total. The van der Waals surface area contributed by atoms with Gasteiger partial charge in [-0.1, -0.05) is 13.0 Å². The number of nitrogens with one attached hydrogen (secondary N) is 2. The predicted octanol–water partition coefficient (Wildman–Crippen LogP) is 2.00. The normalized spacial score (nSPS) is 15.1. The monoisotopic (exact) mass is 190 g/mol. The molecule has 0 atom stereocenters. The smallest absolute Gasteiger partial charge is 0.226 e. The molecule has 0 fully saturated rings. The van der Waals surface area contributed by atoms with Crippen molar-refractivity contribution < 1.29 is 4.79 Å². The summed E-state index contributed by atoms with van der Waals surface area (Å²) in [6.45, 7) is 2.84. The maximum Gasteiger partial charge on any atom is 0.226 e. The van der Waals surface area contributed by atoms with E-state index in [4.69, 9.17) is 0 Å². The van der Waals surface area contributed by atoms with Crippen LogP contribution in [0.1, 0.15) is 18.9 Å². The first-order chi connectivity index (χ1) is 6.79. The van der Waals surface area contributed by atoms with Gasteiger partial charge in [-0.2, -0.15) is 0 Å². The maximum atomic E-state index is 11.2. The molecule has 1 amide bonds. The molecule has 1 aromatic rings. The summed E-state index contributed by atoms with van der Waals surface area (Å²) >= 11 is 0. The number of carbonyl (C=O) groups is 1. The number of hydrogen-bond donors (Lipinski definition) is 2. The van der Waals surface area contributed by atoms with Crippen LogP contribution in [0.25, 0.3) is 0 Å². The number of benzene rings is 1. The number of fused-ring (bicyclic) bond motifs is 1. The molecule has 0 aromatic heterocycles. The minimum Gasteiger partial charge on any atom is -0.383 e. The fraction of sp³-hybridized carbons (Fsp3) is 0.364. The van der Waals surface area contributed by atoms with E-state index in [1.165, 1.54) is 5.56 Å². The van der Waals surface area contributed by atoms with Gasteiger partial charge in [0.05, 0.1) is 11.4 Å². The summed E-state index contributed by atoms with van der Waals surface area (Å²) < 4.78 is 0. The Morgan fingerprint density at radius 2 is 2.21 bits per heavy atom. The van der Waals surface area contributed by atoms with Gasteiger partial charge in [-0.25, -0.2) is 0 Å². The van der Waals surface area contributed by atoms with Crippen LogP contribution in [-0.2, 0) is 11.2 Å². The van der Waals surface area contributed by atoms with Gasteiger partial charge < -0.3 is 10.6 Å². The second kappa shape index (κ2) is 3.70. The first-order valence-electron chi connectivity index (χ1n) is 4.96. The molecule has 0 bridgehead atoms. The van der Waals surface area contributed by atoms with Crippen LogP contribution >= 0.6 is 0 Å². The highest BCUT2D eigenvalue weighted by molar-refractivity contribution is 5.95. The minimum atomic E-state index is 0.0838. The average Bonchev–Trinajstić information content (AvgIpc) is 2.37. The molecule has 0 spiro atoms. The van der Waals surface area contributed by atoms with Gasteiger partial charge in [0.25, 0.3) is 0 Å². The predicted molar refractivity (Wildman–Crippen MR) is 57.6 cm³/mol.